The number of nitrogens with zero attached hydrogens (tertiary/aromatic N) is 1. The van der Waals surface area contributed by atoms with Crippen molar-refractivity contribution in [2.45, 2.75) is 31.3 Å². The van der Waals surface area contributed by atoms with E-state index in [1.165, 1.54) is 5.56 Å². The Morgan fingerprint density at radius 3 is 2.79 bits per heavy atom. The predicted molar refractivity (Wildman–Crippen MR) is 115 cm³/mol. The third kappa shape index (κ3) is 4.55. The lowest BCUT2D eigenvalue weighted by Crippen LogP contribution is -2.44. The molecule has 0 bridgehead atoms. The molecule has 2 aromatic rings. The van der Waals surface area contributed by atoms with Crippen LogP contribution in [0, 0.1) is 0 Å². The van der Waals surface area contributed by atoms with Gasteiger partial charge in [0.1, 0.15) is 18.1 Å². The average Bonchev–Trinajstić information content (AvgIpc) is 3.06. The minimum Gasteiger partial charge on any atom is -0.492 e. The molecule has 2 aliphatic heterocycles. The fourth-order valence-corrected chi connectivity index (χ4v) is 4.71. The van der Waals surface area contributed by atoms with Crippen LogP contribution in [0.15, 0.2) is 40.9 Å². The van der Waals surface area contributed by atoms with Crippen molar-refractivity contribution in [3.8, 4) is 11.5 Å². The first-order valence-electron chi connectivity index (χ1n) is 9.73. The van der Waals surface area contributed by atoms with Crippen LogP contribution in [0.5, 0.6) is 11.5 Å². The van der Waals surface area contributed by atoms with E-state index in [0.29, 0.717) is 24.8 Å². The fourth-order valence-electron chi connectivity index (χ4n) is 4.13. The minimum absolute atomic E-state index is 0.0290. The molecule has 2 aromatic carbocycles. The van der Waals surface area contributed by atoms with Crippen molar-refractivity contribution in [3.63, 3.8) is 0 Å². The van der Waals surface area contributed by atoms with Gasteiger partial charge in [0, 0.05) is 38.6 Å². The number of carboxylic acid groups (broad SMARTS) is 1. The van der Waals surface area contributed by atoms with Crippen LogP contribution in [0.3, 0.4) is 0 Å². The molecule has 1 N–H and O–H groups in total. The molecule has 0 radical (unpaired) electrons. The number of carbonyl (C=O) groups is 1. The summed E-state index contributed by atoms with van der Waals surface area (Å²) in [6.45, 7) is 3.48. The maximum Gasteiger partial charge on any atom is 0.304 e. The molecule has 0 unspecified atom stereocenters. The van der Waals surface area contributed by atoms with E-state index in [-0.39, 0.29) is 11.8 Å². The Morgan fingerprint density at radius 1 is 1.24 bits per heavy atom. The number of hydrogen-bond acceptors (Lipinski definition) is 4. The molecule has 0 saturated carbocycles. The van der Waals surface area contributed by atoms with Gasteiger partial charge in [-0.1, -0.05) is 33.6 Å². The van der Waals surface area contributed by atoms with Gasteiger partial charge in [-0.3, -0.25) is 4.79 Å². The molecule has 7 heteroatoms. The van der Waals surface area contributed by atoms with Crippen molar-refractivity contribution in [1.29, 1.82) is 0 Å². The summed E-state index contributed by atoms with van der Waals surface area (Å²) in [4.78, 5) is 13.0. The molecule has 154 valence electrons. The van der Waals surface area contributed by atoms with Gasteiger partial charge in [0.2, 0.25) is 0 Å². The molecule has 2 heterocycles. The van der Waals surface area contributed by atoms with Crippen LogP contribution in [0.4, 0.5) is 0 Å². The normalized spacial score (nSPS) is 17.7. The largest absolute Gasteiger partial charge is 0.492 e. The lowest BCUT2D eigenvalue weighted by molar-refractivity contribution is -0.137. The molecule has 1 saturated heterocycles. The second-order valence-corrected chi connectivity index (χ2v) is 9.06. The summed E-state index contributed by atoms with van der Waals surface area (Å²) in [5.74, 6) is 0.911. The number of ether oxygens (including phenoxy) is 2. The zero-order valence-corrected chi connectivity index (χ0v) is 18.3. The van der Waals surface area contributed by atoms with E-state index < -0.39 is 5.97 Å². The van der Waals surface area contributed by atoms with Crippen LogP contribution in [-0.4, -0.2) is 42.2 Å². The predicted octanol–water partition coefficient (Wildman–Crippen LogP) is 4.88. The highest BCUT2D eigenvalue weighted by Gasteiger charge is 2.43. The lowest BCUT2D eigenvalue weighted by Gasteiger charge is -2.38. The van der Waals surface area contributed by atoms with Gasteiger partial charge >= 0.3 is 5.97 Å². The van der Waals surface area contributed by atoms with E-state index in [1.54, 1.807) is 0 Å². The molecule has 0 atom stereocenters. The highest BCUT2D eigenvalue weighted by molar-refractivity contribution is 9.10. The van der Waals surface area contributed by atoms with Gasteiger partial charge in [0.05, 0.1) is 13.0 Å². The molecule has 4 rings (SSSR count). The standard InChI is InChI=1S/C22H23BrClNO4/c23-16-1-4-19(24)15(11-16)13-28-17-2-3-18-20(12-17)29-14-22(18)6-9-25(10-7-22)8-5-21(26)27/h1-4,11-12H,5-10,13-14H2,(H,26,27). The SMILES string of the molecule is O=C(O)CCN1CCC2(CC1)COc1cc(OCc3cc(Br)ccc3Cl)ccc12. The maximum absolute atomic E-state index is 10.8. The van der Waals surface area contributed by atoms with E-state index in [4.69, 9.17) is 26.2 Å². The van der Waals surface area contributed by atoms with Gasteiger partial charge in [0.25, 0.3) is 0 Å². The van der Waals surface area contributed by atoms with Crippen LogP contribution >= 0.6 is 27.5 Å². The lowest BCUT2D eigenvalue weighted by atomic mass is 9.74. The first kappa shape index (κ1) is 20.5. The van der Waals surface area contributed by atoms with Crippen molar-refractivity contribution in [2.75, 3.05) is 26.2 Å². The molecule has 0 aromatic heterocycles. The van der Waals surface area contributed by atoms with Crippen LogP contribution in [0.1, 0.15) is 30.4 Å². The van der Waals surface area contributed by atoms with Crippen molar-refractivity contribution in [3.05, 3.63) is 57.0 Å². The van der Waals surface area contributed by atoms with Crippen LogP contribution < -0.4 is 9.47 Å². The highest BCUT2D eigenvalue weighted by atomic mass is 79.9. The quantitative estimate of drug-likeness (QED) is 0.638. The maximum atomic E-state index is 10.8. The highest BCUT2D eigenvalue weighted by Crippen LogP contribution is 2.46. The second-order valence-electron chi connectivity index (χ2n) is 7.74. The zero-order valence-electron chi connectivity index (χ0n) is 16.0. The summed E-state index contributed by atoms with van der Waals surface area (Å²) in [5, 5.41) is 9.56. The number of aliphatic carboxylic acids is 1. The summed E-state index contributed by atoms with van der Waals surface area (Å²) >= 11 is 9.70. The van der Waals surface area contributed by atoms with Crippen molar-refractivity contribution in [1.82, 2.24) is 4.90 Å². The van der Waals surface area contributed by atoms with E-state index in [1.807, 2.05) is 30.3 Å². The number of fused-ring (bicyclic) bond motifs is 2. The Kier molecular flexibility index (Phi) is 6.04. The Labute approximate surface area is 183 Å². The number of rotatable bonds is 6. The third-order valence-corrected chi connectivity index (χ3v) is 6.75. The molecule has 1 fully saturated rings. The second kappa shape index (κ2) is 8.54. The molecule has 0 aliphatic carbocycles. The van der Waals surface area contributed by atoms with Gasteiger partial charge in [-0.2, -0.15) is 0 Å². The topological polar surface area (TPSA) is 59.0 Å². The molecule has 1 spiro atoms. The van der Waals surface area contributed by atoms with Gasteiger partial charge in [-0.15, -0.1) is 0 Å². The number of piperidine rings is 1. The molecule has 2 aliphatic rings. The van der Waals surface area contributed by atoms with Crippen LogP contribution in [0.25, 0.3) is 0 Å². The van der Waals surface area contributed by atoms with Crippen molar-refractivity contribution >= 4 is 33.5 Å². The Morgan fingerprint density at radius 2 is 2.03 bits per heavy atom. The van der Waals surface area contributed by atoms with Gasteiger partial charge in [0.15, 0.2) is 0 Å². The summed E-state index contributed by atoms with van der Waals surface area (Å²) in [6.07, 6.45) is 2.16. The summed E-state index contributed by atoms with van der Waals surface area (Å²) < 4.78 is 13.0. The summed E-state index contributed by atoms with van der Waals surface area (Å²) in [6, 6.07) is 11.8. The number of carboxylic acids is 1. The monoisotopic (exact) mass is 479 g/mol. The molecule has 5 nitrogen and oxygen atoms in total. The number of benzene rings is 2. The smallest absolute Gasteiger partial charge is 0.304 e. The number of likely N-dealkylation sites (tertiary alicyclic amines) is 1. The minimum atomic E-state index is -0.739. The van der Waals surface area contributed by atoms with Crippen LogP contribution in [-0.2, 0) is 16.8 Å². The number of halogens is 2. The average molecular weight is 481 g/mol. The Balaban J connectivity index is 1.40. The van der Waals surface area contributed by atoms with E-state index in [0.717, 1.165) is 47.5 Å². The molecular weight excluding hydrogens is 458 g/mol. The Bertz CT molecular complexity index is 912. The zero-order chi connectivity index (χ0) is 20.4. The first-order valence-corrected chi connectivity index (χ1v) is 10.9. The first-order chi connectivity index (χ1) is 13.9. The third-order valence-electron chi connectivity index (χ3n) is 5.89. The Hall–Kier alpha value is -1.76. The van der Waals surface area contributed by atoms with Gasteiger partial charge in [-0.25, -0.2) is 0 Å². The molecule has 0 amide bonds. The molecule has 29 heavy (non-hydrogen) atoms. The van der Waals surface area contributed by atoms with Crippen molar-refractivity contribution in [2.24, 2.45) is 0 Å². The van der Waals surface area contributed by atoms with Crippen LogP contribution in [0.2, 0.25) is 5.02 Å². The summed E-state index contributed by atoms with van der Waals surface area (Å²) in [5.41, 5.74) is 2.19. The van der Waals surface area contributed by atoms with E-state index in [2.05, 4.69) is 26.9 Å². The van der Waals surface area contributed by atoms with E-state index in [9.17, 15) is 4.79 Å². The van der Waals surface area contributed by atoms with E-state index >= 15 is 0 Å². The van der Waals surface area contributed by atoms with Gasteiger partial charge in [-0.05, 0) is 50.2 Å². The summed E-state index contributed by atoms with van der Waals surface area (Å²) in [7, 11) is 0. The van der Waals surface area contributed by atoms with Crippen molar-refractivity contribution < 1.29 is 19.4 Å². The molecular formula is C22H23BrClNO4. The van der Waals surface area contributed by atoms with Gasteiger partial charge < -0.3 is 19.5 Å². The fraction of sp³-hybridized carbons (Fsp3) is 0.409. The number of hydrogen-bond donors (Lipinski definition) is 1.